The molecule has 0 bridgehead atoms. The Morgan fingerprint density at radius 3 is 1.81 bits per heavy atom. The van der Waals surface area contributed by atoms with Crippen LogP contribution in [0.5, 0.6) is 0 Å². The SMILES string of the molecule is CCC[CH2][Sn]([CH2]CCC)([CH2]CCC)[NH]c1cnc(N)cn1. The van der Waals surface area contributed by atoms with Crippen LogP contribution < -0.4 is 9.27 Å². The van der Waals surface area contributed by atoms with Crippen molar-refractivity contribution in [2.45, 2.75) is 72.6 Å². The number of aromatic nitrogens is 2. The van der Waals surface area contributed by atoms with Gasteiger partial charge >= 0.3 is 135 Å². The molecule has 1 aromatic heterocycles. The van der Waals surface area contributed by atoms with Gasteiger partial charge in [-0.3, -0.25) is 0 Å². The van der Waals surface area contributed by atoms with Crippen LogP contribution >= 0.6 is 0 Å². The van der Waals surface area contributed by atoms with Gasteiger partial charge in [0.1, 0.15) is 0 Å². The van der Waals surface area contributed by atoms with E-state index in [0.29, 0.717) is 5.82 Å². The second-order valence-corrected chi connectivity index (χ2v) is 18.3. The summed E-state index contributed by atoms with van der Waals surface area (Å²) in [6.07, 6.45) is 11.4. The van der Waals surface area contributed by atoms with Crippen LogP contribution in [0.25, 0.3) is 0 Å². The molecule has 0 aromatic carbocycles. The molecule has 1 heterocycles. The average molecular weight is 399 g/mol. The van der Waals surface area contributed by atoms with Crippen LogP contribution in [0.1, 0.15) is 59.3 Å². The topological polar surface area (TPSA) is 63.8 Å². The van der Waals surface area contributed by atoms with E-state index in [0.717, 1.165) is 5.82 Å². The molecule has 0 unspecified atom stereocenters. The zero-order chi connectivity index (χ0) is 15.6. The van der Waals surface area contributed by atoms with E-state index in [1.54, 1.807) is 6.20 Å². The first-order valence-electron chi connectivity index (χ1n) is 8.51. The summed E-state index contributed by atoms with van der Waals surface area (Å²) in [6.45, 7) is 6.87. The summed E-state index contributed by atoms with van der Waals surface area (Å²) < 4.78 is 8.15. The molecule has 4 nitrogen and oxygen atoms in total. The number of nitrogens with two attached hydrogens (primary N) is 1. The molecule has 0 spiro atoms. The first kappa shape index (κ1) is 18.5. The number of nitrogens with one attached hydrogen (secondary N) is 1. The van der Waals surface area contributed by atoms with Crippen molar-refractivity contribution in [3.05, 3.63) is 12.4 Å². The van der Waals surface area contributed by atoms with Crippen LogP contribution in [0, 0.1) is 0 Å². The first-order chi connectivity index (χ1) is 10.2. The van der Waals surface area contributed by atoms with Crippen LogP contribution in [0.2, 0.25) is 13.3 Å². The van der Waals surface area contributed by atoms with Crippen molar-refractivity contribution in [2.75, 3.05) is 9.27 Å². The van der Waals surface area contributed by atoms with Gasteiger partial charge in [0.25, 0.3) is 0 Å². The van der Waals surface area contributed by atoms with Crippen molar-refractivity contribution in [1.82, 2.24) is 9.97 Å². The summed E-state index contributed by atoms with van der Waals surface area (Å²) in [6, 6.07) is 0. The molecular weight excluding hydrogens is 367 g/mol. The van der Waals surface area contributed by atoms with E-state index in [4.69, 9.17) is 5.73 Å². The Bertz CT molecular complexity index is 359. The summed E-state index contributed by atoms with van der Waals surface area (Å²) in [4.78, 5) is 8.63. The molecular formula is C16H32N4Sn. The van der Waals surface area contributed by atoms with Gasteiger partial charge in [-0.05, 0) is 0 Å². The average Bonchev–Trinajstić information content (AvgIpc) is 2.51. The maximum absolute atomic E-state index is 5.65. The fraction of sp³-hybridized carbons (Fsp3) is 0.750. The summed E-state index contributed by atoms with van der Waals surface area (Å²) >= 11 is -2.36. The van der Waals surface area contributed by atoms with Crippen LogP contribution in [0.3, 0.4) is 0 Å². The van der Waals surface area contributed by atoms with E-state index in [1.165, 1.54) is 51.8 Å². The van der Waals surface area contributed by atoms with Crippen molar-refractivity contribution in [3.8, 4) is 0 Å². The molecule has 21 heavy (non-hydrogen) atoms. The number of anilines is 2. The zero-order valence-electron chi connectivity index (χ0n) is 14.0. The third-order valence-electron chi connectivity index (χ3n) is 4.09. The minimum absolute atomic E-state index is 0.497. The van der Waals surface area contributed by atoms with Crippen LogP contribution in [-0.4, -0.2) is 28.6 Å². The number of hydrogen-bond acceptors (Lipinski definition) is 4. The van der Waals surface area contributed by atoms with Crippen LogP contribution in [0.4, 0.5) is 11.6 Å². The van der Waals surface area contributed by atoms with Gasteiger partial charge in [0.15, 0.2) is 0 Å². The van der Waals surface area contributed by atoms with Crippen molar-refractivity contribution in [1.29, 1.82) is 0 Å². The summed E-state index contributed by atoms with van der Waals surface area (Å²) in [7, 11) is 0. The summed E-state index contributed by atoms with van der Waals surface area (Å²) in [5, 5.41) is 0. The predicted molar refractivity (Wildman–Crippen MR) is 95.0 cm³/mol. The molecule has 5 heteroatoms. The molecule has 0 amide bonds. The third kappa shape index (κ3) is 6.85. The summed E-state index contributed by atoms with van der Waals surface area (Å²) in [5.41, 5.74) is 5.65. The van der Waals surface area contributed by atoms with Gasteiger partial charge in [-0.2, -0.15) is 0 Å². The maximum atomic E-state index is 5.65. The van der Waals surface area contributed by atoms with Crippen LogP contribution in [0.15, 0.2) is 12.4 Å². The normalized spacial score (nSPS) is 11.6. The molecule has 0 radical (unpaired) electrons. The second-order valence-electron chi connectivity index (χ2n) is 6.04. The van der Waals surface area contributed by atoms with E-state index in [-0.39, 0.29) is 0 Å². The Morgan fingerprint density at radius 2 is 1.43 bits per heavy atom. The fourth-order valence-electron chi connectivity index (χ4n) is 2.78. The monoisotopic (exact) mass is 400 g/mol. The van der Waals surface area contributed by atoms with E-state index >= 15 is 0 Å². The molecule has 1 aromatic rings. The molecule has 0 aliphatic carbocycles. The van der Waals surface area contributed by atoms with Gasteiger partial charge in [0.2, 0.25) is 0 Å². The molecule has 1 rings (SSSR count). The van der Waals surface area contributed by atoms with E-state index in [2.05, 4.69) is 34.3 Å². The molecule has 120 valence electrons. The third-order valence-corrected chi connectivity index (χ3v) is 17.6. The number of nitrogen functional groups attached to an aromatic ring is 1. The first-order valence-corrected chi connectivity index (χ1v) is 16.0. The molecule has 0 saturated carbocycles. The summed E-state index contributed by atoms with van der Waals surface area (Å²) in [5.74, 6) is 1.44. The Hall–Kier alpha value is -0.521. The molecule has 0 atom stereocenters. The van der Waals surface area contributed by atoms with E-state index in [9.17, 15) is 0 Å². The number of hydrogen-bond donors (Lipinski definition) is 2. The van der Waals surface area contributed by atoms with Crippen LogP contribution in [-0.2, 0) is 0 Å². The molecule has 0 fully saturated rings. The van der Waals surface area contributed by atoms with Crippen molar-refractivity contribution in [3.63, 3.8) is 0 Å². The molecule has 0 aliphatic heterocycles. The van der Waals surface area contributed by atoms with Crippen molar-refractivity contribution < 1.29 is 0 Å². The minimum atomic E-state index is -2.36. The Labute approximate surface area is 134 Å². The van der Waals surface area contributed by atoms with Gasteiger partial charge in [-0.15, -0.1) is 0 Å². The van der Waals surface area contributed by atoms with Gasteiger partial charge in [0, 0.05) is 0 Å². The van der Waals surface area contributed by atoms with Crippen molar-refractivity contribution >= 4 is 30.3 Å². The number of rotatable bonds is 11. The van der Waals surface area contributed by atoms with Gasteiger partial charge in [0.05, 0.1) is 0 Å². The number of nitrogens with zero attached hydrogens (tertiary/aromatic N) is 2. The molecule has 0 saturated heterocycles. The Morgan fingerprint density at radius 1 is 0.905 bits per heavy atom. The molecule has 0 aliphatic rings. The Balaban J connectivity index is 2.85. The quantitative estimate of drug-likeness (QED) is 0.524. The zero-order valence-corrected chi connectivity index (χ0v) is 16.8. The van der Waals surface area contributed by atoms with E-state index in [1.807, 2.05) is 6.20 Å². The molecule has 3 N–H and O–H groups in total. The van der Waals surface area contributed by atoms with Gasteiger partial charge < -0.3 is 0 Å². The van der Waals surface area contributed by atoms with Gasteiger partial charge in [-0.25, -0.2) is 0 Å². The number of unbranched alkanes of at least 4 members (excludes halogenated alkanes) is 3. The fourth-order valence-corrected chi connectivity index (χ4v) is 16.7. The van der Waals surface area contributed by atoms with Gasteiger partial charge in [-0.1, -0.05) is 0 Å². The van der Waals surface area contributed by atoms with E-state index < -0.39 is 18.7 Å². The van der Waals surface area contributed by atoms with Crippen molar-refractivity contribution in [2.24, 2.45) is 0 Å². The second kappa shape index (κ2) is 10.2. The predicted octanol–water partition coefficient (Wildman–Crippen LogP) is 4.82. The standard InChI is InChI=1S/C4H5N4.3C4H9.Sn/c5-3-1-7-4(6)2-8-3;3*1-3-4-2;/h1-2H,(H3-,5,6,7,8);3*1,3-4H2,2H3;/q-1;;;;+1. The Kier molecular flexibility index (Phi) is 9.04.